The highest BCUT2D eigenvalue weighted by Gasteiger charge is 2.32. The summed E-state index contributed by atoms with van der Waals surface area (Å²) < 4.78 is 49.8. The molecule has 8 heteroatoms. The lowest BCUT2D eigenvalue weighted by Crippen LogP contribution is -2.19. The number of benzene rings is 1. The van der Waals surface area contributed by atoms with Crippen molar-refractivity contribution >= 4 is 6.09 Å². The van der Waals surface area contributed by atoms with E-state index in [2.05, 4.69) is 10.1 Å². The van der Waals surface area contributed by atoms with E-state index in [1.807, 2.05) is 0 Å². The number of halogens is 3. The number of alkyl halides is 3. The van der Waals surface area contributed by atoms with Crippen molar-refractivity contribution in [1.29, 1.82) is 0 Å². The van der Waals surface area contributed by atoms with Gasteiger partial charge in [-0.3, -0.25) is 0 Å². The van der Waals surface area contributed by atoms with E-state index in [1.54, 1.807) is 0 Å². The maximum absolute atomic E-state index is 12.1. The number of hydrogen-bond acceptors (Lipinski definition) is 4. The molecule has 1 aliphatic rings. The van der Waals surface area contributed by atoms with Gasteiger partial charge in [-0.05, 0) is 12.1 Å². The summed E-state index contributed by atoms with van der Waals surface area (Å²) in [6.45, 7) is 0.0919. The first-order chi connectivity index (χ1) is 8.89. The second kappa shape index (κ2) is 4.87. The molecule has 0 unspecified atom stereocenters. The maximum Gasteiger partial charge on any atom is 0.573 e. The number of rotatable bonds is 3. The zero-order chi connectivity index (χ0) is 14.0. The smallest absolute Gasteiger partial charge is 0.496 e. The fourth-order valence-corrected chi connectivity index (χ4v) is 1.73. The van der Waals surface area contributed by atoms with Crippen molar-refractivity contribution in [2.24, 2.45) is 0 Å². The van der Waals surface area contributed by atoms with Crippen LogP contribution in [0.4, 0.5) is 18.0 Å². The van der Waals surface area contributed by atoms with Crippen LogP contribution in [0, 0.1) is 0 Å². The van der Waals surface area contributed by atoms with Gasteiger partial charge in [0.2, 0.25) is 0 Å². The Kier molecular flexibility index (Phi) is 3.41. The summed E-state index contributed by atoms with van der Waals surface area (Å²) in [6, 6.07) is 3.19. The molecule has 2 rings (SSSR count). The van der Waals surface area contributed by atoms with Crippen LogP contribution < -0.4 is 14.8 Å². The van der Waals surface area contributed by atoms with E-state index >= 15 is 0 Å². The second-order valence-corrected chi connectivity index (χ2v) is 3.75. The molecule has 19 heavy (non-hydrogen) atoms. The Balaban J connectivity index is 2.24. The van der Waals surface area contributed by atoms with Gasteiger partial charge in [-0.1, -0.05) is 0 Å². The number of hydrogen-bond donors (Lipinski definition) is 1. The quantitative estimate of drug-likeness (QED) is 0.921. The number of carbonyl (C=O) groups is 1. The lowest BCUT2D eigenvalue weighted by molar-refractivity contribution is -0.274. The van der Waals surface area contributed by atoms with Gasteiger partial charge in [0.05, 0.1) is 13.2 Å². The average molecular weight is 277 g/mol. The Labute approximate surface area is 106 Å². The third kappa shape index (κ3) is 3.21. The van der Waals surface area contributed by atoms with E-state index in [0.29, 0.717) is 5.56 Å². The molecule has 0 bridgehead atoms. The molecule has 1 amide bonds. The molecule has 1 atom stereocenters. The average Bonchev–Trinajstić information content (AvgIpc) is 2.73. The molecule has 1 aromatic carbocycles. The molecule has 104 valence electrons. The van der Waals surface area contributed by atoms with E-state index in [9.17, 15) is 18.0 Å². The van der Waals surface area contributed by atoms with Gasteiger partial charge in [0.15, 0.2) is 0 Å². The van der Waals surface area contributed by atoms with Crippen molar-refractivity contribution < 1.29 is 32.2 Å². The van der Waals surface area contributed by atoms with Crippen LogP contribution in [-0.2, 0) is 4.74 Å². The first-order valence-electron chi connectivity index (χ1n) is 5.26. The monoisotopic (exact) mass is 277 g/mol. The van der Waals surface area contributed by atoms with Crippen LogP contribution in [0.2, 0.25) is 0 Å². The van der Waals surface area contributed by atoms with Crippen molar-refractivity contribution in [3.63, 3.8) is 0 Å². The minimum Gasteiger partial charge on any atom is -0.496 e. The summed E-state index contributed by atoms with van der Waals surface area (Å²) in [4.78, 5) is 10.9. The Bertz CT molecular complexity index is 489. The first-order valence-corrected chi connectivity index (χ1v) is 5.26. The molecular weight excluding hydrogens is 267 g/mol. The number of cyclic esters (lactones) is 1. The SMILES string of the molecule is COc1cc(OC(F)(F)F)ccc1[C@@H]1COC(=O)N1. The summed E-state index contributed by atoms with van der Waals surface area (Å²) >= 11 is 0. The molecular formula is C11H10F3NO4. The summed E-state index contributed by atoms with van der Waals surface area (Å²) in [5.41, 5.74) is 0.517. The number of amides is 1. The Morgan fingerprint density at radius 3 is 2.68 bits per heavy atom. The molecule has 0 spiro atoms. The van der Waals surface area contributed by atoms with Crippen molar-refractivity contribution in [3.05, 3.63) is 23.8 Å². The summed E-state index contributed by atoms with van der Waals surface area (Å²) in [7, 11) is 1.31. The number of nitrogens with one attached hydrogen (secondary N) is 1. The minimum atomic E-state index is -4.77. The molecule has 0 aliphatic carbocycles. The Hall–Kier alpha value is -2.12. The molecule has 0 saturated carbocycles. The summed E-state index contributed by atoms with van der Waals surface area (Å²) in [6.07, 6.45) is -5.35. The number of ether oxygens (including phenoxy) is 3. The van der Waals surface area contributed by atoms with Gasteiger partial charge < -0.3 is 19.5 Å². The van der Waals surface area contributed by atoms with Crippen LogP contribution in [0.5, 0.6) is 11.5 Å². The van der Waals surface area contributed by atoms with Crippen LogP contribution in [-0.4, -0.2) is 26.2 Å². The third-order valence-electron chi connectivity index (χ3n) is 2.49. The topological polar surface area (TPSA) is 56.8 Å². The van der Waals surface area contributed by atoms with Crippen LogP contribution >= 0.6 is 0 Å². The Morgan fingerprint density at radius 2 is 2.16 bits per heavy atom. The lowest BCUT2D eigenvalue weighted by Gasteiger charge is -2.15. The largest absolute Gasteiger partial charge is 0.573 e. The third-order valence-corrected chi connectivity index (χ3v) is 2.49. The predicted molar refractivity (Wildman–Crippen MR) is 56.9 cm³/mol. The first kappa shape index (κ1) is 13.3. The van der Waals surface area contributed by atoms with Crippen molar-refractivity contribution in [2.75, 3.05) is 13.7 Å². The fourth-order valence-electron chi connectivity index (χ4n) is 1.73. The van der Waals surface area contributed by atoms with Gasteiger partial charge in [0.1, 0.15) is 18.1 Å². The lowest BCUT2D eigenvalue weighted by atomic mass is 10.1. The predicted octanol–water partition coefficient (Wildman–Crippen LogP) is 2.37. The molecule has 1 aliphatic heterocycles. The van der Waals surface area contributed by atoms with Crippen molar-refractivity contribution in [2.45, 2.75) is 12.4 Å². The van der Waals surface area contributed by atoms with Crippen molar-refractivity contribution in [1.82, 2.24) is 5.32 Å². The standard InChI is InChI=1S/C11H10F3NO4/c1-17-9-4-6(19-11(12,13)14)2-3-7(9)8-5-18-10(16)15-8/h2-4,8H,5H2,1H3,(H,15,16)/t8-/m0/s1. The van der Waals surface area contributed by atoms with Crippen LogP contribution in [0.3, 0.4) is 0 Å². The molecule has 1 fully saturated rings. The second-order valence-electron chi connectivity index (χ2n) is 3.75. The van der Waals surface area contributed by atoms with E-state index < -0.39 is 24.2 Å². The highest BCUT2D eigenvalue weighted by atomic mass is 19.4. The summed E-state index contributed by atoms with van der Waals surface area (Å²) in [5.74, 6) is -0.212. The van der Waals surface area contributed by atoms with E-state index in [-0.39, 0.29) is 12.4 Å². The molecule has 1 N–H and O–H groups in total. The maximum atomic E-state index is 12.1. The van der Waals surface area contributed by atoms with Gasteiger partial charge in [-0.15, -0.1) is 13.2 Å². The molecule has 1 heterocycles. The molecule has 1 saturated heterocycles. The molecule has 0 radical (unpaired) electrons. The molecule has 0 aromatic heterocycles. The zero-order valence-electron chi connectivity index (χ0n) is 9.78. The highest BCUT2D eigenvalue weighted by Crippen LogP contribution is 2.33. The normalized spacial score (nSPS) is 18.7. The van der Waals surface area contributed by atoms with Gasteiger partial charge in [0.25, 0.3) is 0 Å². The minimum absolute atomic E-state index is 0.0919. The van der Waals surface area contributed by atoms with E-state index in [4.69, 9.17) is 9.47 Å². The number of alkyl carbamates (subject to hydrolysis) is 1. The van der Waals surface area contributed by atoms with Gasteiger partial charge >= 0.3 is 12.5 Å². The number of methoxy groups -OCH3 is 1. The van der Waals surface area contributed by atoms with E-state index in [0.717, 1.165) is 12.1 Å². The van der Waals surface area contributed by atoms with Crippen LogP contribution in [0.25, 0.3) is 0 Å². The van der Waals surface area contributed by atoms with Gasteiger partial charge in [-0.2, -0.15) is 0 Å². The van der Waals surface area contributed by atoms with E-state index in [1.165, 1.54) is 13.2 Å². The number of carbonyl (C=O) groups excluding carboxylic acids is 1. The van der Waals surface area contributed by atoms with Crippen LogP contribution in [0.15, 0.2) is 18.2 Å². The van der Waals surface area contributed by atoms with Crippen molar-refractivity contribution in [3.8, 4) is 11.5 Å². The van der Waals surface area contributed by atoms with Gasteiger partial charge in [0, 0.05) is 11.6 Å². The zero-order valence-corrected chi connectivity index (χ0v) is 9.78. The highest BCUT2D eigenvalue weighted by molar-refractivity contribution is 5.70. The Morgan fingerprint density at radius 1 is 1.42 bits per heavy atom. The molecule has 5 nitrogen and oxygen atoms in total. The summed E-state index contributed by atoms with van der Waals surface area (Å²) in [5, 5.41) is 2.51. The van der Waals surface area contributed by atoms with Gasteiger partial charge in [-0.25, -0.2) is 4.79 Å². The van der Waals surface area contributed by atoms with Crippen LogP contribution in [0.1, 0.15) is 11.6 Å². The fraction of sp³-hybridized carbons (Fsp3) is 0.364. The molecule has 1 aromatic rings.